The standard InChI is InChI=1S/C13H20ClNOS/c1-3-8-15-13(10-5-4-9(2)16-10)11-6-7-12(14)17-11/h6-7,9-10,13,15H,3-5,8H2,1-2H3. The molecule has 1 aliphatic heterocycles. The Kier molecular flexibility index (Phi) is 4.86. The molecule has 1 aromatic heterocycles. The summed E-state index contributed by atoms with van der Waals surface area (Å²) in [6.45, 7) is 5.36. The second-order valence-corrected chi connectivity index (χ2v) is 6.38. The fourth-order valence-corrected chi connectivity index (χ4v) is 3.48. The fourth-order valence-electron chi connectivity index (χ4n) is 2.29. The molecule has 1 aliphatic rings. The fraction of sp³-hybridized carbons (Fsp3) is 0.692. The largest absolute Gasteiger partial charge is 0.373 e. The summed E-state index contributed by atoms with van der Waals surface area (Å²) in [5.41, 5.74) is 0. The number of rotatable bonds is 5. The maximum atomic E-state index is 6.02. The molecule has 1 fully saturated rings. The minimum absolute atomic E-state index is 0.297. The Morgan fingerprint density at radius 2 is 2.35 bits per heavy atom. The van der Waals surface area contributed by atoms with E-state index in [4.69, 9.17) is 16.3 Å². The Bertz CT molecular complexity index is 355. The van der Waals surface area contributed by atoms with Crippen molar-refractivity contribution in [1.82, 2.24) is 5.32 Å². The Morgan fingerprint density at radius 1 is 1.53 bits per heavy atom. The van der Waals surface area contributed by atoms with Crippen molar-refractivity contribution in [3.63, 3.8) is 0 Å². The SMILES string of the molecule is CCCNC(c1ccc(Cl)s1)C1CCC(C)O1. The van der Waals surface area contributed by atoms with Crippen LogP contribution in [0.1, 0.15) is 44.0 Å². The van der Waals surface area contributed by atoms with Crippen molar-refractivity contribution in [3.05, 3.63) is 21.3 Å². The average Bonchev–Trinajstić information content (AvgIpc) is 2.89. The Balaban J connectivity index is 2.07. The molecule has 96 valence electrons. The molecule has 0 saturated carbocycles. The smallest absolute Gasteiger partial charge is 0.0931 e. The third-order valence-corrected chi connectivity index (χ3v) is 4.47. The molecule has 0 spiro atoms. The lowest BCUT2D eigenvalue weighted by molar-refractivity contribution is 0.0324. The van der Waals surface area contributed by atoms with E-state index in [2.05, 4.69) is 25.2 Å². The second-order valence-electron chi connectivity index (χ2n) is 4.64. The molecular weight excluding hydrogens is 254 g/mol. The molecule has 1 aromatic rings. The molecule has 0 aliphatic carbocycles. The van der Waals surface area contributed by atoms with Crippen molar-refractivity contribution in [2.75, 3.05) is 6.54 Å². The Hall–Kier alpha value is -0.0900. The highest BCUT2D eigenvalue weighted by Crippen LogP contribution is 2.34. The van der Waals surface area contributed by atoms with E-state index >= 15 is 0 Å². The van der Waals surface area contributed by atoms with E-state index < -0.39 is 0 Å². The summed E-state index contributed by atoms with van der Waals surface area (Å²) in [4.78, 5) is 1.29. The van der Waals surface area contributed by atoms with Crippen LogP contribution in [0.2, 0.25) is 4.34 Å². The number of ether oxygens (including phenoxy) is 1. The van der Waals surface area contributed by atoms with Crippen LogP contribution < -0.4 is 5.32 Å². The van der Waals surface area contributed by atoms with Crippen LogP contribution in [0.3, 0.4) is 0 Å². The van der Waals surface area contributed by atoms with E-state index in [1.165, 1.54) is 4.88 Å². The second kappa shape index (κ2) is 6.19. The van der Waals surface area contributed by atoms with Crippen molar-refractivity contribution in [2.24, 2.45) is 0 Å². The van der Waals surface area contributed by atoms with Gasteiger partial charge in [0.15, 0.2) is 0 Å². The van der Waals surface area contributed by atoms with E-state index in [-0.39, 0.29) is 0 Å². The molecule has 0 bridgehead atoms. The van der Waals surface area contributed by atoms with Crippen molar-refractivity contribution >= 4 is 22.9 Å². The van der Waals surface area contributed by atoms with Gasteiger partial charge in [0.1, 0.15) is 0 Å². The van der Waals surface area contributed by atoms with Gasteiger partial charge in [0.05, 0.1) is 22.6 Å². The normalized spacial score (nSPS) is 26.3. The predicted molar refractivity (Wildman–Crippen MR) is 73.9 cm³/mol. The number of thiophene rings is 1. The molecule has 0 aromatic carbocycles. The lowest BCUT2D eigenvalue weighted by atomic mass is 10.1. The zero-order valence-corrected chi connectivity index (χ0v) is 12.0. The third-order valence-electron chi connectivity index (χ3n) is 3.15. The molecule has 2 rings (SSSR count). The van der Waals surface area contributed by atoms with Crippen LogP contribution in [0.5, 0.6) is 0 Å². The van der Waals surface area contributed by atoms with Gasteiger partial charge in [-0.1, -0.05) is 18.5 Å². The predicted octanol–water partition coefficient (Wildman–Crippen LogP) is 4.01. The van der Waals surface area contributed by atoms with E-state index in [0.29, 0.717) is 18.2 Å². The Morgan fingerprint density at radius 3 is 2.88 bits per heavy atom. The average molecular weight is 274 g/mol. The molecule has 17 heavy (non-hydrogen) atoms. The third kappa shape index (κ3) is 3.44. The first-order chi connectivity index (χ1) is 8.20. The van der Waals surface area contributed by atoms with Crippen molar-refractivity contribution < 1.29 is 4.74 Å². The summed E-state index contributed by atoms with van der Waals surface area (Å²) in [7, 11) is 0. The molecular formula is C13H20ClNOS. The number of halogens is 1. The highest BCUT2D eigenvalue weighted by Gasteiger charge is 2.31. The van der Waals surface area contributed by atoms with Gasteiger partial charge in [-0.2, -0.15) is 0 Å². The van der Waals surface area contributed by atoms with Gasteiger partial charge in [-0.05, 0) is 44.9 Å². The number of nitrogens with one attached hydrogen (secondary N) is 1. The molecule has 1 saturated heterocycles. The minimum Gasteiger partial charge on any atom is -0.373 e. The molecule has 3 atom stereocenters. The first-order valence-corrected chi connectivity index (χ1v) is 7.54. The van der Waals surface area contributed by atoms with Crippen LogP contribution in [-0.4, -0.2) is 18.8 Å². The van der Waals surface area contributed by atoms with Gasteiger partial charge in [-0.3, -0.25) is 0 Å². The topological polar surface area (TPSA) is 21.3 Å². The quantitative estimate of drug-likeness (QED) is 0.875. The van der Waals surface area contributed by atoms with Crippen molar-refractivity contribution in [2.45, 2.75) is 51.4 Å². The van der Waals surface area contributed by atoms with E-state index in [9.17, 15) is 0 Å². The zero-order valence-electron chi connectivity index (χ0n) is 10.4. The van der Waals surface area contributed by atoms with Crippen LogP contribution in [0.4, 0.5) is 0 Å². The van der Waals surface area contributed by atoms with Gasteiger partial charge >= 0.3 is 0 Å². The molecule has 0 amide bonds. The van der Waals surface area contributed by atoms with E-state index in [1.54, 1.807) is 11.3 Å². The molecule has 4 heteroatoms. The van der Waals surface area contributed by atoms with Crippen LogP contribution in [0.15, 0.2) is 12.1 Å². The number of hydrogen-bond acceptors (Lipinski definition) is 3. The van der Waals surface area contributed by atoms with Crippen molar-refractivity contribution in [3.8, 4) is 0 Å². The van der Waals surface area contributed by atoms with Crippen molar-refractivity contribution in [1.29, 1.82) is 0 Å². The van der Waals surface area contributed by atoms with Crippen LogP contribution in [-0.2, 0) is 4.74 Å². The van der Waals surface area contributed by atoms with E-state index in [0.717, 1.165) is 30.1 Å². The molecule has 2 nitrogen and oxygen atoms in total. The van der Waals surface area contributed by atoms with Crippen LogP contribution in [0, 0.1) is 0 Å². The molecule has 3 unspecified atom stereocenters. The molecule has 1 N–H and O–H groups in total. The highest BCUT2D eigenvalue weighted by atomic mass is 35.5. The minimum atomic E-state index is 0.297. The summed E-state index contributed by atoms with van der Waals surface area (Å²) in [6, 6.07) is 4.39. The lowest BCUT2D eigenvalue weighted by Crippen LogP contribution is -2.32. The summed E-state index contributed by atoms with van der Waals surface area (Å²) >= 11 is 7.68. The first kappa shape index (κ1) is 13.3. The summed E-state index contributed by atoms with van der Waals surface area (Å²) < 4.78 is 6.84. The van der Waals surface area contributed by atoms with Gasteiger partial charge in [0.2, 0.25) is 0 Å². The summed E-state index contributed by atoms with van der Waals surface area (Å²) in [5, 5.41) is 3.59. The zero-order chi connectivity index (χ0) is 12.3. The van der Waals surface area contributed by atoms with Gasteiger partial charge in [0, 0.05) is 4.88 Å². The summed E-state index contributed by atoms with van der Waals surface area (Å²) in [6.07, 6.45) is 4.12. The number of hydrogen-bond donors (Lipinski definition) is 1. The first-order valence-electron chi connectivity index (χ1n) is 6.34. The van der Waals surface area contributed by atoms with E-state index in [1.807, 2.05) is 6.07 Å². The Labute approximate surface area is 112 Å². The maximum absolute atomic E-state index is 6.02. The molecule has 0 radical (unpaired) electrons. The highest BCUT2D eigenvalue weighted by molar-refractivity contribution is 7.16. The summed E-state index contributed by atoms with van der Waals surface area (Å²) in [5.74, 6) is 0. The molecule has 2 heterocycles. The monoisotopic (exact) mass is 273 g/mol. The van der Waals surface area contributed by atoms with Gasteiger partial charge < -0.3 is 10.1 Å². The van der Waals surface area contributed by atoms with Gasteiger partial charge in [-0.25, -0.2) is 0 Å². The maximum Gasteiger partial charge on any atom is 0.0931 e. The van der Waals surface area contributed by atoms with Gasteiger partial charge in [-0.15, -0.1) is 11.3 Å². The lowest BCUT2D eigenvalue weighted by Gasteiger charge is -2.23. The van der Waals surface area contributed by atoms with Gasteiger partial charge in [0.25, 0.3) is 0 Å². The van der Waals surface area contributed by atoms with Crippen LogP contribution in [0.25, 0.3) is 0 Å². The van der Waals surface area contributed by atoms with Crippen LogP contribution >= 0.6 is 22.9 Å².